The number of pyridine rings is 1. The largest absolute Gasteiger partial charge is 0.436 e. The van der Waals surface area contributed by atoms with Crippen LogP contribution >= 0.6 is 15.9 Å². The van der Waals surface area contributed by atoms with E-state index in [0.717, 1.165) is 12.3 Å². The van der Waals surface area contributed by atoms with E-state index in [4.69, 9.17) is 10.00 Å². The molecule has 0 bridgehead atoms. The quantitative estimate of drug-likeness (QED) is 0.631. The van der Waals surface area contributed by atoms with E-state index in [1.54, 1.807) is 6.07 Å². The van der Waals surface area contributed by atoms with Crippen LogP contribution in [0.25, 0.3) is 0 Å². The van der Waals surface area contributed by atoms with Gasteiger partial charge in [0, 0.05) is 6.07 Å². The number of aromatic nitrogens is 1. The molecule has 0 aliphatic heterocycles. The van der Waals surface area contributed by atoms with Gasteiger partial charge in [-0.25, -0.2) is 9.37 Å². The average Bonchev–Trinajstić information content (AvgIpc) is 2.42. The van der Waals surface area contributed by atoms with Gasteiger partial charge in [0.1, 0.15) is 29.4 Å². The molecule has 0 aliphatic rings. The smallest absolute Gasteiger partial charge is 0.289 e. The highest BCUT2D eigenvalue weighted by atomic mass is 79.9. The number of nitro groups is 1. The molecule has 1 aromatic carbocycles. The van der Waals surface area contributed by atoms with Crippen LogP contribution in [0.15, 0.2) is 34.9 Å². The number of hydrogen-bond acceptors (Lipinski definition) is 5. The molecule has 20 heavy (non-hydrogen) atoms. The molecule has 100 valence electrons. The van der Waals surface area contributed by atoms with Crippen LogP contribution in [0.1, 0.15) is 5.56 Å². The van der Waals surface area contributed by atoms with Crippen molar-refractivity contribution in [1.82, 2.24) is 4.98 Å². The summed E-state index contributed by atoms with van der Waals surface area (Å²) in [7, 11) is 0. The predicted octanol–water partition coefficient (Wildman–Crippen LogP) is 3.56. The van der Waals surface area contributed by atoms with Gasteiger partial charge in [0.15, 0.2) is 0 Å². The van der Waals surface area contributed by atoms with Gasteiger partial charge in [0.25, 0.3) is 5.69 Å². The molecule has 0 amide bonds. The molecular formula is C12H5BrFN3O3. The maximum absolute atomic E-state index is 12.9. The Morgan fingerprint density at radius 2 is 2.20 bits per heavy atom. The summed E-state index contributed by atoms with van der Waals surface area (Å²) in [6, 6.07) is 6.53. The fourth-order valence-corrected chi connectivity index (χ4v) is 1.80. The van der Waals surface area contributed by atoms with Crippen LogP contribution in [0.5, 0.6) is 11.6 Å². The topological polar surface area (TPSA) is 89.0 Å². The van der Waals surface area contributed by atoms with Crippen molar-refractivity contribution in [2.45, 2.75) is 0 Å². The van der Waals surface area contributed by atoms with E-state index in [1.807, 2.05) is 0 Å². The molecule has 0 atom stereocenters. The van der Waals surface area contributed by atoms with Gasteiger partial charge in [-0.1, -0.05) is 0 Å². The van der Waals surface area contributed by atoms with Crippen molar-refractivity contribution >= 4 is 21.6 Å². The third-order valence-corrected chi connectivity index (χ3v) is 2.89. The summed E-state index contributed by atoms with van der Waals surface area (Å²) in [6.45, 7) is 0. The Labute approximate surface area is 120 Å². The van der Waals surface area contributed by atoms with Gasteiger partial charge in [0.2, 0.25) is 5.88 Å². The number of nitriles is 1. The van der Waals surface area contributed by atoms with Crippen LogP contribution < -0.4 is 4.74 Å². The summed E-state index contributed by atoms with van der Waals surface area (Å²) in [5.74, 6) is -0.309. The number of ether oxygens (including phenoxy) is 1. The first-order valence-electron chi connectivity index (χ1n) is 5.18. The molecule has 0 radical (unpaired) electrons. The zero-order valence-electron chi connectivity index (χ0n) is 9.71. The van der Waals surface area contributed by atoms with E-state index >= 15 is 0 Å². The van der Waals surface area contributed by atoms with Crippen molar-refractivity contribution in [2.75, 3.05) is 0 Å². The molecular weight excluding hydrogens is 333 g/mol. The lowest BCUT2D eigenvalue weighted by Crippen LogP contribution is -1.96. The fraction of sp³-hybridized carbons (Fsp3) is 0. The molecule has 2 rings (SSSR count). The molecule has 0 spiro atoms. The normalized spacial score (nSPS) is 9.85. The Balaban J connectivity index is 2.39. The number of halogens is 2. The summed E-state index contributed by atoms with van der Waals surface area (Å²) < 4.78 is 18.6. The summed E-state index contributed by atoms with van der Waals surface area (Å²) >= 11 is 3.10. The molecule has 0 fully saturated rings. The van der Waals surface area contributed by atoms with Gasteiger partial charge in [-0.15, -0.1) is 0 Å². The van der Waals surface area contributed by atoms with Gasteiger partial charge in [0.05, 0.1) is 9.40 Å². The van der Waals surface area contributed by atoms with Crippen molar-refractivity contribution in [2.24, 2.45) is 0 Å². The van der Waals surface area contributed by atoms with Crippen LogP contribution in [0.2, 0.25) is 0 Å². The van der Waals surface area contributed by atoms with Crippen LogP contribution in [-0.2, 0) is 0 Å². The predicted molar refractivity (Wildman–Crippen MR) is 69.8 cm³/mol. The minimum absolute atomic E-state index is 0.0876. The lowest BCUT2D eigenvalue weighted by atomic mass is 10.2. The minimum Gasteiger partial charge on any atom is -0.436 e. The highest BCUT2D eigenvalue weighted by molar-refractivity contribution is 9.10. The summed E-state index contributed by atoms with van der Waals surface area (Å²) in [6.07, 6.45) is 0.980. The van der Waals surface area contributed by atoms with E-state index in [2.05, 4.69) is 20.9 Å². The van der Waals surface area contributed by atoms with Crippen molar-refractivity contribution < 1.29 is 14.1 Å². The number of hydrogen-bond donors (Lipinski definition) is 0. The zero-order valence-corrected chi connectivity index (χ0v) is 11.3. The molecule has 6 nitrogen and oxygen atoms in total. The maximum Gasteiger partial charge on any atom is 0.289 e. The van der Waals surface area contributed by atoms with Gasteiger partial charge >= 0.3 is 0 Å². The number of benzene rings is 1. The van der Waals surface area contributed by atoms with Gasteiger partial charge in [-0.05, 0) is 34.1 Å². The first-order valence-corrected chi connectivity index (χ1v) is 5.98. The summed E-state index contributed by atoms with van der Waals surface area (Å²) in [5.41, 5.74) is -0.400. The van der Waals surface area contributed by atoms with Crippen molar-refractivity contribution in [3.63, 3.8) is 0 Å². The first kappa shape index (κ1) is 13.9. The van der Waals surface area contributed by atoms with E-state index in [9.17, 15) is 14.5 Å². The average molecular weight is 338 g/mol. The zero-order chi connectivity index (χ0) is 14.7. The third kappa shape index (κ3) is 2.89. The molecule has 0 N–H and O–H groups in total. The lowest BCUT2D eigenvalue weighted by Gasteiger charge is -2.07. The second-order valence-electron chi connectivity index (χ2n) is 3.59. The highest BCUT2D eigenvalue weighted by Crippen LogP contribution is 2.31. The standard InChI is InChI=1S/C12H5BrFN3O3/c13-10-4-8(14)1-2-11(10)20-12-7(5-15)3-9(6-16-12)17(18)19/h1-4,6H. The third-order valence-electron chi connectivity index (χ3n) is 2.27. The molecule has 8 heteroatoms. The molecule has 0 aliphatic carbocycles. The monoisotopic (exact) mass is 337 g/mol. The van der Waals surface area contributed by atoms with Crippen molar-refractivity contribution in [3.05, 3.63) is 56.4 Å². The molecule has 0 saturated heterocycles. The van der Waals surface area contributed by atoms with E-state index in [0.29, 0.717) is 4.47 Å². The highest BCUT2D eigenvalue weighted by Gasteiger charge is 2.15. The Morgan fingerprint density at radius 1 is 1.45 bits per heavy atom. The Kier molecular flexibility index (Phi) is 3.91. The lowest BCUT2D eigenvalue weighted by molar-refractivity contribution is -0.385. The number of rotatable bonds is 3. The molecule has 1 aromatic heterocycles. The summed E-state index contributed by atoms with van der Waals surface area (Å²) in [4.78, 5) is 13.7. The minimum atomic E-state index is -0.661. The first-order chi connectivity index (χ1) is 9.51. The Morgan fingerprint density at radius 3 is 2.80 bits per heavy atom. The van der Waals surface area contributed by atoms with Gasteiger partial charge < -0.3 is 4.74 Å². The number of nitrogens with zero attached hydrogens (tertiary/aromatic N) is 3. The summed E-state index contributed by atoms with van der Waals surface area (Å²) in [5, 5.41) is 19.5. The van der Waals surface area contributed by atoms with E-state index in [-0.39, 0.29) is 22.9 Å². The van der Waals surface area contributed by atoms with Gasteiger partial charge in [-0.3, -0.25) is 10.1 Å². The molecule has 1 heterocycles. The van der Waals surface area contributed by atoms with Crippen LogP contribution in [-0.4, -0.2) is 9.91 Å². The SMILES string of the molecule is N#Cc1cc([N+](=O)[O-])cnc1Oc1ccc(F)cc1Br. The fourth-order valence-electron chi connectivity index (χ4n) is 1.36. The van der Waals surface area contributed by atoms with Crippen LogP contribution in [0.3, 0.4) is 0 Å². The second kappa shape index (κ2) is 5.63. The molecule has 2 aromatic rings. The Hall–Kier alpha value is -2.53. The van der Waals surface area contributed by atoms with Crippen molar-refractivity contribution in [3.8, 4) is 17.7 Å². The van der Waals surface area contributed by atoms with Crippen molar-refractivity contribution in [1.29, 1.82) is 5.26 Å². The van der Waals surface area contributed by atoms with Gasteiger partial charge in [-0.2, -0.15) is 5.26 Å². The second-order valence-corrected chi connectivity index (χ2v) is 4.45. The van der Waals surface area contributed by atoms with E-state index in [1.165, 1.54) is 18.2 Å². The maximum atomic E-state index is 12.9. The Bertz CT molecular complexity index is 730. The van der Waals surface area contributed by atoms with E-state index < -0.39 is 10.7 Å². The van der Waals surface area contributed by atoms with Crippen LogP contribution in [0, 0.1) is 27.3 Å². The molecule has 0 saturated carbocycles. The molecule has 0 unspecified atom stereocenters. The van der Waals surface area contributed by atoms with Crippen LogP contribution in [0.4, 0.5) is 10.1 Å².